The Morgan fingerprint density at radius 2 is 1.81 bits per heavy atom. The fraction of sp³-hybridized carbons (Fsp3) is 0.333. The molecule has 0 heterocycles. The Bertz CT molecular complexity index is 526. The first-order valence-corrected chi connectivity index (χ1v) is 7.39. The van der Waals surface area contributed by atoms with E-state index in [0.29, 0.717) is 6.61 Å². The van der Waals surface area contributed by atoms with Gasteiger partial charge in [-0.3, -0.25) is 0 Å². The monoisotopic (exact) mass is 284 g/mol. The lowest BCUT2D eigenvalue weighted by Crippen LogP contribution is -2.19. The number of nitrogens with zero attached hydrogens (tertiary/aromatic N) is 1. The summed E-state index contributed by atoms with van der Waals surface area (Å²) in [6.07, 6.45) is 1.02. The molecule has 0 saturated heterocycles. The second kappa shape index (κ2) is 8.32. The van der Waals surface area contributed by atoms with Gasteiger partial charge in [0.15, 0.2) is 0 Å². The van der Waals surface area contributed by atoms with Crippen molar-refractivity contribution in [2.75, 3.05) is 39.1 Å². The molecule has 112 valence electrons. The van der Waals surface area contributed by atoms with E-state index in [1.54, 1.807) is 0 Å². The van der Waals surface area contributed by atoms with Crippen LogP contribution in [0, 0.1) is 0 Å². The highest BCUT2D eigenvalue weighted by atomic mass is 16.5. The van der Waals surface area contributed by atoms with E-state index in [1.165, 1.54) is 5.56 Å². The standard InChI is InChI=1S/C18H24N2O/c1-20(2)13-14-21-18-10-6-9-17(15-18)19-12-11-16-7-4-3-5-8-16/h3-10,15,19H,11-14H2,1-2H3. The summed E-state index contributed by atoms with van der Waals surface area (Å²) in [5, 5.41) is 3.44. The van der Waals surface area contributed by atoms with Crippen molar-refractivity contribution < 1.29 is 4.74 Å². The molecular weight excluding hydrogens is 260 g/mol. The Labute approximate surface area is 127 Å². The molecule has 0 atom stereocenters. The highest BCUT2D eigenvalue weighted by Gasteiger charge is 1.98. The molecule has 0 bridgehead atoms. The normalized spacial score (nSPS) is 10.6. The first-order valence-electron chi connectivity index (χ1n) is 7.39. The van der Waals surface area contributed by atoms with Crippen molar-refractivity contribution in [1.82, 2.24) is 4.90 Å². The van der Waals surface area contributed by atoms with Gasteiger partial charge < -0.3 is 15.0 Å². The van der Waals surface area contributed by atoms with Crippen LogP contribution in [0.15, 0.2) is 54.6 Å². The van der Waals surface area contributed by atoms with Crippen LogP contribution in [0.4, 0.5) is 5.69 Å². The minimum absolute atomic E-state index is 0.709. The summed E-state index contributed by atoms with van der Waals surface area (Å²) in [4.78, 5) is 2.11. The predicted molar refractivity (Wildman–Crippen MR) is 89.1 cm³/mol. The van der Waals surface area contributed by atoms with Gasteiger partial charge in [0.05, 0.1) is 0 Å². The fourth-order valence-corrected chi connectivity index (χ4v) is 2.04. The zero-order valence-electron chi connectivity index (χ0n) is 12.9. The minimum Gasteiger partial charge on any atom is -0.492 e. The highest BCUT2D eigenvalue weighted by molar-refractivity contribution is 5.48. The number of likely N-dealkylation sites (N-methyl/N-ethyl adjacent to an activating group) is 1. The van der Waals surface area contributed by atoms with E-state index in [2.05, 4.69) is 46.6 Å². The summed E-state index contributed by atoms with van der Waals surface area (Å²) in [6, 6.07) is 18.7. The molecular formula is C18H24N2O. The number of rotatable bonds is 8. The maximum atomic E-state index is 5.74. The van der Waals surface area contributed by atoms with Crippen molar-refractivity contribution >= 4 is 5.69 Å². The first kappa shape index (κ1) is 15.4. The molecule has 0 aliphatic rings. The smallest absolute Gasteiger partial charge is 0.121 e. The molecule has 2 aromatic carbocycles. The van der Waals surface area contributed by atoms with Gasteiger partial charge in [0, 0.05) is 24.8 Å². The van der Waals surface area contributed by atoms with Crippen LogP contribution in [0.3, 0.4) is 0 Å². The Balaban J connectivity index is 1.78. The molecule has 21 heavy (non-hydrogen) atoms. The maximum absolute atomic E-state index is 5.74. The molecule has 0 radical (unpaired) electrons. The molecule has 0 fully saturated rings. The van der Waals surface area contributed by atoms with Crippen LogP contribution >= 0.6 is 0 Å². The van der Waals surface area contributed by atoms with E-state index in [4.69, 9.17) is 4.74 Å². The number of ether oxygens (including phenoxy) is 1. The predicted octanol–water partition coefficient (Wildman–Crippen LogP) is 3.28. The molecule has 0 aliphatic carbocycles. The average molecular weight is 284 g/mol. The van der Waals surface area contributed by atoms with Gasteiger partial charge in [0.25, 0.3) is 0 Å². The third-order valence-electron chi connectivity index (χ3n) is 3.23. The lowest BCUT2D eigenvalue weighted by molar-refractivity contribution is 0.261. The van der Waals surface area contributed by atoms with E-state index in [9.17, 15) is 0 Å². The van der Waals surface area contributed by atoms with Crippen LogP contribution < -0.4 is 10.1 Å². The number of anilines is 1. The van der Waals surface area contributed by atoms with Crippen molar-refractivity contribution in [3.63, 3.8) is 0 Å². The maximum Gasteiger partial charge on any atom is 0.121 e. The summed E-state index contributed by atoms with van der Waals surface area (Å²) in [5.74, 6) is 0.918. The highest BCUT2D eigenvalue weighted by Crippen LogP contribution is 2.17. The number of hydrogen-bond donors (Lipinski definition) is 1. The van der Waals surface area contributed by atoms with Crippen LogP contribution in [0.2, 0.25) is 0 Å². The zero-order valence-corrected chi connectivity index (χ0v) is 12.9. The van der Waals surface area contributed by atoms with Gasteiger partial charge in [-0.05, 0) is 38.2 Å². The number of nitrogens with one attached hydrogen (secondary N) is 1. The van der Waals surface area contributed by atoms with Crippen molar-refractivity contribution in [2.45, 2.75) is 6.42 Å². The largest absolute Gasteiger partial charge is 0.492 e. The Morgan fingerprint density at radius 1 is 1.00 bits per heavy atom. The molecule has 0 unspecified atom stereocenters. The van der Waals surface area contributed by atoms with Crippen molar-refractivity contribution in [3.8, 4) is 5.75 Å². The van der Waals surface area contributed by atoms with Crippen LogP contribution in [0.5, 0.6) is 5.75 Å². The summed E-state index contributed by atoms with van der Waals surface area (Å²) >= 11 is 0. The van der Waals surface area contributed by atoms with E-state index in [0.717, 1.165) is 30.9 Å². The molecule has 2 rings (SSSR count). The topological polar surface area (TPSA) is 24.5 Å². The quantitative estimate of drug-likeness (QED) is 0.805. The summed E-state index contributed by atoms with van der Waals surface area (Å²) in [6.45, 7) is 2.55. The summed E-state index contributed by atoms with van der Waals surface area (Å²) in [7, 11) is 4.09. The minimum atomic E-state index is 0.709. The molecule has 2 aromatic rings. The van der Waals surface area contributed by atoms with Gasteiger partial charge in [-0.25, -0.2) is 0 Å². The van der Waals surface area contributed by atoms with Crippen molar-refractivity contribution in [1.29, 1.82) is 0 Å². The molecule has 1 N–H and O–H groups in total. The van der Waals surface area contributed by atoms with Crippen molar-refractivity contribution in [2.24, 2.45) is 0 Å². The second-order valence-electron chi connectivity index (χ2n) is 5.34. The summed E-state index contributed by atoms with van der Waals surface area (Å²) in [5.41, 5.74) is 2.46. The van der Waals surface area contributed by atoms with Gasteiger partial charge in [0.2, 0.25) is 0 Å². The Morgan fingerprint density at radius 3 is 2.57 bits per heavy atom. The molecule has 3 heteroatoms. The lowest BCUT2D eigenvalue weighted by atomic mass is 10.1. The zero-order chi connectivity index (χ0) is 14.9. The molecule has 0 spiro atoms. The Kier molecular flexibility index (Phi) is 6.10. The molecule has 3 nitrogen and oxygen atoms in total. The molecule has 0 aromatic heterocycles. The lowest BCUT2D eigenvalue weighted by Gasteiger charge is -2.12. The number of hydrogen-bond acceptors (Lipinski definition) is 3. The van der Waals surface area contributed by atoms with Gasteiger partial charge in [0.1, 0.15) is 12.4 Å². The van der Waals surface area contributed by atoms with Gasteiger partial charge >= 0.3 is 0 Å². The first-order chi connectivity index (χ1) is 10.2. The van der Waals surface area contributed by atoms with Gasteiger partial charge in [-0.1, -0.05) is 36.4 Å². The van der Waals surface area contributed by atoms with Crippen LogP contribution in [-0.4, -0.2) is 38.7 Å². The number of benzene rings is 2. The van der Waals surface area contributed by atoms with Crippen LogP contribution in [0.1, 0.15) is 5.56 Å². The average Bonchev–Trinajstić information content (AvgIpc) is 2.48. The van der Waals surface area contributed by atoms with Gasteiger partial charge in [-0.15, -0.1) is 0 Å². The molecule has 0 saturated carbocycles. The van der Waals surface area contributed by atoms with Crippen LogP contribution in [0.25, 0.3) is 0 Å². The Hall–Kier alpha value is -2.00. The van der Waals surface area contributed by atoms with Gasteiger partial charge in [-0.2, -0.15) is 0 Å². The summed E-state index contributed by atoms with van der Waals surface area (Å²) < 4.78 is 5.74. The van der Waals surface area contributed by atoms with E-state index in [-0.39, 0.29) is 0 Å². The van der Waals surface area contributed by atoms with Crippen molar-refractivity contribution in [3.05, 3.63) is 60.2 Å². The van der Waals surface area contributed by atoms with E-state index in [1.807, 2.05) is 32.3 Å². The third kappa shape index (κ3) is 5.88. The SMILES string of the molecule is CN(C)CCOc1cccc(NCCc2ccccc2)c1. The van der Waals surface area contributed by atoms with Crippen LogP contribution in [-0.2, 0) is 6.42 Å². The third-order valence-corrected chi connectivity index (χ3v) is 3.23. The van der Waals surface area contributed by atoms with E-state index >= 15 is 0 Å². The fourth-order valence-electron chi connectivity index (χ4n) is 2.04. The molecule has 0 aliphatic heterocycles. The molecule has 0 amide bonds. The second-order valence-corrected chi connectivity index (χ2v) is 5.34. The van der Waals surface area contributed by atoms with E-state index < -0.39 is 0 Å².